The molecule has 0 aliphatic rings. The van der Waals surface area contributed by atoms with Gasteiger partial charge >= 0.3 is 16.3 Å². The normalized spacial score (nSPS) is 10.7. The Hall–Kier alpha value is -1.45. The number of rotatable bonds is 6. The molecule has 0 bridgehead atoms. The molecule has 0 aliphatic heterocycles. The van der Waals surface area contributed by atoms with E-state index in [2.05, 4.69) is 6.58 Å². The maximum absolute atomic E-state index is 11.0. The summed E-state index contributed by atoms with van der Waals surface area (Å²) in [5.41, 5.74) is -0.223. The maximum Gasteiger partial charge on any atom is 0.334 e. The van der Waals surface area contributed by atoms with Crippen molar-refractivity contribution < 1.29 is 27.7 Å². The van der Waals surface area contributed by atoms with Gasteiger partial charge in [-0.3, -0.25) is 14.1 Å². The molecule has 0 rings (SSSR count). The molecule has 0 aromatic heterocycles. The van der Waals surface area contributed by atoms with Crippen molar-refractivity contribution in [3.05, 3.63) is 12.2 Å². The van der Waals surface area contributed by atoms with Crippen LogP contribution in [0, 0.1) is 0 Å². The van der Waals surface area contributed by atoms with Gasteiger partial charge in [-0.05, 0) is 0 Å². The number of carbonyl (C=O) groups is 2. The largest absolute Gasteiger partial charge is 0.481 e. The van der Waals surface area contributed by atoms with E-state index >= 15 is 0 Å². The summed E-state index contributed by atoms with van der Waals surface area (Å²) in [6, 6.07) is 0. The average Bonchev–Trinajstić information content (AvgIpc) is 2.00. The van der Waals surface area contributed by atoms with E-state index in [1.165, 1.54) is 0 Å². The molecule has 0 radical (unpaired) electrons. The van der Waals surface area contributed by atoms with Crippen molar-refractivity contribution in [3.8, 4) is 0 Å². The van der Waals surface area contributed by atoms with Crippen LogP contribution in [0.2, 0.25) is 0 Å². The zero-order chi connectivity index (χ0) is 12.1. The first kappa shape index (κ1) is 13.5. The van der Waals surface area contributed by atoms with E-state index in [4.69, 9.17) is 9.66 Å². The highest BCUT2D eigenvalue weighted by atomic mass is 32.2. The standard InChI is InChI=1S/C6H10N2O6S/c1-4(2-5(9)10)6(11)7-3-8-15(12,13)14/h8H,1-3H2,(H,7,11)(H,9,10)(H,12,13,14). The fourth-order valence-electron chi connectivity index (χ4n) is 0.595. The molecule has 0 unspecified atom stereocenters. The van der Waals surface area contributed by atoms with Crippen LogP contribution in [0.15, 0.2) is 12.2 Å². The zero-order valence-electron chi connectivity index (χ0n) is 7.56. The van der Waals surface area contributed by atoms with Gasteiger partial charge in [0.25, 0.3) is 0 Å². The fraction of sp³-hybridized carbons (Fsp3) is 0.333. The van der Waals surface area contributed by atoms with E-state index in [-0.39, 0.29) is 5.57 Å². The van der Waals surface area contributed by atoms with Crippen LogP contribution in [0.4, 0.5) is 0 Å². The highest BCUT2D eigenvalue weighted by Gasteiger charge is 2.11. The van der Waals surface area contributed by atoms with E-state index in [1.54, 1.807) is 4.72 Å². The summed E-state index contributed by atoms with van der Waals surface area (Å²) in [7, 11) is -4.38. The molecule has 4 N–H and O–H groups in total. The van der Waals surface area contributed by atoms with Crippen LogP contribution in [0.5, 0.6) is 0 Å². The van der Waals surface area contributed by atoms with Gasteiger partial charge in [0.2, 0.25) is 5.91 Å². The van der Waals surface area contributed by atoms with E-state index in [1.807, 2.05) is 5.32 Å². The number of hydrogen-bond donors (Lipinski definition) is 4. The summed E-state index contributed by atoms with van der Waals surface area (Å²) in [5, 5.41) is 10.3. The molecule has 86 valence electrons. The van der Waals surface area contributed by atoms with E-state index in [0.29, 0.717) is 0 Å². The molecular weight excluding hydrogens is 228 g/mol. The van der Waals surface area contributed by atoms with Gasteiger partial charge in [-0.2, -0.15) is 13.1 Å². The number of nitrogens with one attached hydrogen (secondary N) is 2. The third-order valence-corrected chi connectivity index (χ3v) is 1.70. The Balaban J connectivity index is 3.95. The first-order chi connectivity index (χ1) is 6.72. The smallest absolute Gasteiger partial charge is 0.334 e. The molecule has 1 amide bonds. The van der Waals surface area contributed by atoms with Crippen molar-refractivity contribution in [2.24, 2.45) is 0 Å². The molecule has 0 fully saturated rings. The highest BCUT2D eigenvalue weighted by molar-refractivity contribution is 7.83. The van der Waals surface area contributed by atoms with Crippen LogP contribution >= 0.6 is 0 Å². The molecule has 0 saturated carbocycles. The predicted octanol–water partition coefficient (Wildman–Crippen LogP) is -1.52. The minimum absolute atomic E-state index is 0.223. The summed E-state index contributed by atoms with van der Waals surface area (Å²) in [5.74, 6) is -2.04. The highest BCUT2D eigenvalue weighted by Crippen LogP contribution is 1.96. The van der Waals surface area contributed by atoms with Crippen LogP contribution in [-0.2, 0) is 19.9 Å². The number of hydrogen-bond acceptors (Lipinski definition) is 4. The summed E-state index contributed by atoms with van der Waals surface area (Å²) >= 11 is 0. The van der Waals surface area contributed by atoms with Crippen LogP contribution in [-0.4, -0.2) is 36.6 Å². The summed E-state index contributed by atoms with van der Waals surface area (Å²) in [6.45, 7) is 2.63. The molecule has 0 aromatic rings. The van der Waals surface area contributed by atoms with Crippen LogP contribution in [0.3, 0.4) is 0 Å². The SMILES string of the molecule is C=C(CC(=O)O)C(=O)NCNS(=O)(=O)O. The van der Waals surface area contributed by atoms with Gasteiger partial charge < -0.3 is 10.4 Å². The summed E-state index contributed by atoms with van der Waals surface area (Å²) < 4.78 is 30.1. The van der Waals surface area contributed by atoms with Crippen molar-refractivity contribution in [1.82, 2.24) is 10.0 Å². The molecule has 15 heavy (non-hydrogen) atoms. The Morgan fingerprint density at radius 2 is 1.87 bits per heavy atom. The van der Waals surface area contributed by atoms with Gasteiger partial charge in [0, 0.05) is 5.57 Å². The molecule has 0 atom stereocenters. The van der Waals surface area contributed by atoms with Gasteiger partial charge in [-0.15, -0.1) is 0 Å². The van der Waals surface area contributed by atoms with Crippen molar-refractivity contribution >= 4 is 22.2 Å². The van der Waals surface area contributed by atoms with Crippen molar-refractivity contribution in [1.29, 1.82) is 0 Å². The molecule has 0 spiro atoms. The maximum atomic E-state index is 11.0. The minimum Gasteiger partial charge on any atom is -0.481 e. The Morgan fingerprint density at radius 1 is 1.33 bits per heavy atom. The Morgan fingerprint density at radius 3 is 2.27 bits per heavy atom. The number of carboxylic acids is 1. The molecule has 9 heteroatoms. The average molecular weight is 238 g/mol. The van der Waals surface area contributed by atoms with Crippen LogP contribution in [0.25, 0.3) is 0 Å². The molecule has 8 nitrogen and oxygen atoms in total. The first-order valence-electron chi connectivity index (χ1n) is 3.62. The van der Waals surface area contributed by atoms with Gasteiger partial charge in [0.05, 0.1) is 13.1 Å². The van der Waals surface area contributed by atoms with Gasteiger partial charge in [0.15, 0.2) is 0 Å². The molecule has 0 aliphatic carbocycles. The van der Waals surface area contributed by atoms with E-state index in [0.717, 1.165) is 0 Å². The lowest BCUT2D eigenvalue weighted by Gasteiger charge is -2.05. The number of aliphatic carboxylic acids is 1. The molecule has 0 heterocycles. The lowest BCUT2D eigenvalue weighted by atomic mass is 10.2. The van der Waals surface area contributed by atoms with Gasteiger partial charge in [0.1, 0.15) is 0 Å². The second-order valence-electron chi connectivity index (χ2n) is 2.48. The van der Waals surface area contributed by atoms with Gasteiger partial charge in [-0.1, -0.05) is 6.58 Å². The molecular formula is C6H10N2O6S. The number of carboxylic acid groups (broad SMARTS) is 1. The predicted molar refractivity (Wildman–Crippen MR) is 49.1 cm³/mol. The third kappa shape index (κ3) is 7.61. The summed E-state index contributed by atoms with van der Waals surface area (Å²) in [4.78, 5) is 21.1. The second kappa shape index (κ2) is 5.44. The Labute approximate surface area is 85.9 Å². The summed E-state index contributed by atoms with van der Waals surface area (Å²) in [6.07, 6.45) is -0.544. The minimum atomic E-state index is -4.38. The Kier molecular flexibility index (Phi) is 4.91. The van der Waals surface area contributed by atoms with E-state index < -0.39 is 35.3 Å². The van der Waals surface area contributed by atoms with E-state index in [9.17, 15) is 18.0 Å². The first-order valence-corrected chi connectivity index (χ1v) is 5.06. The number of amides is 1. The topological polar surface area (TPSA) is 133 Å². The van der Waals surface area contributed by atoms with Crippen LogP contribution < -0.4 is 10.0 Å². The second-order valence-corrected chi connectivity index (χ2v) is 3.71. The Bertz CT molecular complexity index is 373. The molecule has 0 saturated heterocycles. The quantitative estimate of drug-likeness (QED) is 0.252. The van der Waals surface area contributed by atoms with Crippen LogP contribution in [0.1, 0.15) is 6.42 Å². The van der Waals surface area contributed by atoms with Crippen molar-refractivity contribution in [3.63, 3.8) is 0 Å². The zero-order valence-corrected chi connectivity index (χ0v) is 8.37. The fourth-order valence-corrected chi connectivity index (χ4v) is 0.850. The number of carbonyl (C=O) groups excluding carboxylic acids is 1. The molecule has 0 aromatic carbocycles. The lowest BCUT2D eigenvalue weighted by molar-refractivity contribution is -0.137. The van der Waals surface area contributed by atoms with Crippen molar-refractivity contribution in [2.45, 2.75) is 6.42 Å². The lowest BCUT2D eigenvalue weighted by Crippen LogP contribution is -2.37. The third-order valence-electron chi connectivity index (χ3n) is 1.19. The van der Waals surface area contributed by atoms with Crippen molar-refractivity contribution in [2.75, 3.05) is 6.67 Å². The van der Waals surface area contributed by atoms with Gasteiger partial charge in [-0.25, -0.2) is 0 Å². The monoisotopic (exact) mass is 238 g/mol.